The molecule has 0 spiro atoms. The fourth-order valence-corrected chi connectivity index (χ4v) is 4.56. The molecule has 0 fully saturated rings. The summed E-state index contributed by atoms with van der Waals surface area (Å²) in [6.07, 6.45) is 0. The van der Waals surface area contributed by atoms with Gasteiger partial charge >= 0.3 is 0 Å². The van der Waals surface area contributed by atoms with E-state index in [1.165, 1.54) is 11.4 Å². The van der Waals surface area contributed by atoms with Crippen LogP contribution in [0.3, 0.4) is 0 Å². The van der Waals surface area contributed by atoms with Gasteiger partial charge in [0.15, 0.2) is 0 Å². The summed E-state index contributed by atoms with van der Waals surface area (Å²) in [5, 5.41) is 5.65. The minimum absolute atomic E-state index is 0.0377. The molecule has 30 heavy (non-hydrogen) atoms. The third-order valence-electron chi connectivity index (χ3n) is 4.64. The Balaban J connectivity index is 1.57. The van der Waals surface area contributed by atoms with Crippen molar-refractivity contribution in [1.29, 1.82) is 0 Å². The van der Waals surface area contributed by atoms with Gasteiger partial charge in [-0.2, -0.15) is 9.29 Å². The average molecular weight is 488 g/mol. The van der Waals surface area contributed by atoms with Crippen LogP contribution in [0.15, 0.2) is 74.6 Å². The summed E-state index contributed by atoms with van der Waals surface area (Å²) in [5.41, 5.74) is 0.773. The normalized spacial score (nSPS) is 11.9. The summed E-state index contributed by atoms with van der Waals surface area (Å²) in [6.45, 7) is -0.0377. The molecule has 0 saturated heterocycles. The molecule has 1 heterocycles. The second kappa shape index (κ2) is 8.17. The van der Waals surface area contributed by atoms with Gasteiger partial charge in [-0.1, -0.05) is 45.4 Å². The molecular weight excluding hydrogens is 470 g/mol. The van der Waals surface area contributed by atoms with E-state index in [0.29, 0.717) is 11.6 Å². The van der Waals surface area contributed by atoms with Crippen LogP contribution in [0, 0.1) is 0 Å². The Morgan fingerprint density at radius 3 is 2.60 bits per heavy atom. The number of nitrogens with zero attached hydrogens (tertiary/aromatic N) is 3. The lowest BCUT2D eigenvalue weighted by Gasteiger charge is -2.15. The zero-order chi connectivity index (χ0) is 21.3. The Kier molecular flexibility index (Phi) is 5.59. The number of ether oxygens (including phenoxy) is 1. The number of halogens is 1. The van der Waals surface area contributed by atoms with E-state index in [2.05, 4.69) is 26.1 Å². The van der Waals surface area contributed by atoms with Gasteiger partial charge in [-0.05, 0) is 47.2 Å². The first-order valence-electron chi connectivity index (χ1n) is 8.99. The highest BCUT2D eigenvalue weighted by Crippen LogP contribution is 2.26. The average Bonchev–Trinajstić information content (AvgIpc) is 3.21. The van der Waals surface area contributed by atoms with Crippen molar-refractivity contribution >= 4 is 36.7 Å². The molecule has 154 valence electrons. The van der Waals surface area contributed by atoms with E-state index < -0.39 is 10.0 Å². The van der Waals surface area contributed by atoms with Gasteiger partial charge in [0.1, 0.15) is 5.75 Å². The number of methoxy groups -OCH3 is 1. The molecule has 0 atom stereocenters. The van der Waals surface area contributed by atoms with E-state index in [1.807, 2.05) is 36.4 Å². The molecule has 0 N–H and O–H groups in total. The van der Waals surface area contributed by atoms with E-state index in [9.17, 15) is 8.42 Å². The molecule has 0 bridgehead atoms. The molecule has 4 rings (SSSR count). The Bertz CT molecular complexity index is 1320. The number of sulfonamides is 1. The SMILES string of the molecule is COc1ccc2cc(S(=O)(=O)N(C)Cc3nc(-c4cccc(Br)c4)no3)ccc2c1. The monoisotopic (exact) mass is 487 g/mol. The lowest BCUT2D eigenvalue weighted by molar-refractivity contribution is 0.337. The van der Waals surface area contributed by atoms with Crippen molar-refractivity contribution in [3.05, 3.63) is 71.0 Å². The number of hydrogen-bond donors (Lipinski definition) is 0. The predicted octanol–water partition coefficient (Wildman–Crippen LogP) is 4.48. The van der Waals surface area contributed by atoms with Gasteiger partial charge in [-0.3, -0.25) is 0 Å². The van der Waals surface area contributed by atoms with E-state index in [4.69, 9.17) is 9.26 Å². The molecule has 0 saturated carbocycles. The molecule has 7 nitrogen and oxygen atoms in total. The van der Waals surface area contributed by atoms with Crippen LogP contribution in [0.1, 0.15) is 5.89 Å². The Morgan fingerprint density at radius 1 is 1.07 bits per heavy atom. The van der Waals surface area contributed by atoms with Crippen LogP contribution in [-0.2, 0) is 16.6 Å². The number of rotatable bonds is 6. The number of fused-ring (bicyclic) bond motifs is 1. The first kappa shape index (κ1) is 20.5. The highest BCUT2D eigenvalue weighted by molar-refractivity contribution is 9.10. The minimum Gasteiger partial charge on any atom is -0.497 e. The summed E-state index contributed by atoms with van der Waals surface area (Å²) < 4.78 is 38.6. The maximum absolute atomic E-state index is 13.0. The van der Waals surface area contributed by atoms with Crippen molar-refractivity contribution in [2.24, 2.45) is 0 Å². The lowest BCUT2D eigenvalue weighted by atomic mass is 10.1. The molecular formula is C21H18BrN3O4S. The van der Waals surface area contributed by atoms with Gasteiger partial charge < -0.3 is 9.26 Å². The second-order valence-electron chi connectivity index (χ2n) is 6.66. The van der Waals surface area contributed by atoms with Crippen molar-refractivity contribution in [3.63, 3.8) is 0 Å². The van der Waals surface area contributed by atoms with Gasteiger partial charge in [0, 0.05) is 17.1 Å². The molecule has 4 aromatic rings. The second-order valence-corrected chi connectivity index (χ2v) is 9.62. The molecule has 0 aliphatic heterocycles. The molecule has 0 amide bonds. The van der Waals surface area contributed by atoms with Gasteiger partial charge in [-0.15, -0.1) is 0 Å². The van der Waals surface area contributed by atoms with Crippen LogP contribution in [0.2, 0.25) is 0 Å². The van der Waals surface area contributed by atoms with Gasteiger partial charge in [0.25, 0.3) is 0 Å². The Morgan fingerprint density at radius 2 is 1.83 bits per heavy atom. The highest BCUT2D eigenvalue weighted by atomic mass is 79.9. The summed E-state index contributed by atoms with van der Waals surface area (Å²) >= 11 is 3.40. The maximum Gasteiger partial charge on any atom is 0.243 e. The molecule has 1 aromatic heterocycles. The van der Waals surface area contributed by atoms with Crippen molar-refractivity contribution in [2.75, 3.05) is 14.2 Å². The quantitative estimate of drug-likeness (QED) is 0.398. The fraction of sp³-hybridized carbons (Fsp3) is 0.143. The highest BCUT2D eigenvalue weighted by Gasteiger charge is 2.23. The van der Waals surface area contributed by atoms with E-state index >= 15 is 0 Å². The smallest absolute Gasteiger partial charge is 0.243 e. The Hall–Kier alpha value is -2.75. The zero-order valence-electron chi connectivity index (χ0n) is 16.2. The van der Waals surface area contributed by atoms with Crippen LogP contribution in [0.5, 0.6) is 5.75 Å². The molecule has 0 aliphatic rings. The summed E-state index contributed by atoms with van der Waals surface area (Å²) in [5.74, 6) is 1.33. The van der Waals surface area contributed by atoms with Gasteiger partial charge in [-0.25, -0.2) is 8.42 Å². The van der Waals surface area contributed by atoms with E-state index in [0.717, 1.165) is 20.8 Å². The zero-order valence-corrected chi connectivity index (χ0v) is 18.6. The number of hydrogen-bond acceptors (Lipinski definition) is 6. The molecule has 3 aromatic carbocycles. The first-order valence-corrected chi connectivity index (χ1v) is 11.2. The molecule has 0 aliphatic carbocycles. The largest absolute Gasteiger partial charge is 0.497 e. The number of benzene rings is 3. The lowest BCUT2D eigenvalue weighted by Crippen LogP contribution is -2.26. The molecule has 0 unspecified atom stereocenters. The topological polar surface area (TPSA) is 85.5 Å². The Labute approximate surface area is 182 Å². The van der Waals surface area contributed by atoms with E-state index in [-0.39, 0.29) is 17.3 Å². The van der Waals surface area contributed by atoms with Crippen molar-refractivity contribution in [3.8, 4) is 17.1 Å². The van der Waals surface area contributed by atoms with Crippen LogP contribution in [-0.4, -0.2) is 37.0 Å². The van der Waals surface area contributed by atoms with Crippen molar-refractivity contribution in [2.45, 2.75) is 11.4 Å². The van der Waals surface area contributed by atoms with Crippen LogP contribution in [0.4, 0.5) is 0 Å². The van der Waals surface area contributed by atoms with Crippen LogP contribution < -0.4 is 4.74 Å². The van der Waals surface area contributed by atoms with Crippen LogP contribution in [0.25, 0.3) is 22.2 Å². The summed E-state index contributed by atoms with van der Waals surface area (Å²) in [6, 6.07) is 17.9. The van der Waals surface area contributed by atoms with Crippen LogP contribution >= 0.6 is 15.9 Å². The third kappa shape index (κ3) is 4.09. The first-order chi connectivity index (χ1) is 14.4. The molecule has 9 heteroatoms. The summed E-state index contributed by atoms with van der Waals surface area (Å²) in [4.78, 5) is 4.51. The van der Waals surface area contributed by atoms with E-state index in [1.54, 1.807) is 31.4 Å². The third-order valence-corrected chi connectivity index (χ3v) is 6.93. The molecule has 0 radical (unpaired) electrons. The predicted molar refractivity (Wildman–Crippen MR) is 117 cm³/mol. The minimum atomic E-state index is -3.74. The standard InChI is InChI=1S/C21H18BrN3O4S/c1-25(13-20-23-21(24-29-20)16-4-3-5-17(22)10-16)30(26,27)19-9-7-14-11-18(28-2)8-6-15(14)12-19/h3-12H,13H2,1-2H3. The van der Waals surface area contributed by atoms with Gasteiger partial charge in [0.05, 0.1) is 18.6 Å². The van der Waals surface area contributed by atoms with Gasteiger partial charge in [0.2, 0.25) is 21.7 Å². The fourth-order valence-electron chi connectivity index (χ4n) is 3.01. The maximum atomic E-state index is 13.0. The summed E-state index contributed by atoms with van der Waals surface area (Å²) in [7, 11) is -0.665. The van der Waals surface area contributed by atoms with Crippen molar-refractivity contribution < 1.29 is 17.7 Å². The number of aromatic nitrogens is 2. The van der Waals surface area contributed by atoms with Crippen molar-refractivity contribution in [1.82, 2.24) is 14.4 Å².